The molecule has 108 valence electrons. The van der Waals surface area contributed by atoms with Crippen molar-refractivity contribution in [3.8, 4) is 5.75 Å². The lowest BCUT2D eigenvalue weighted by molar-refractivity contribution is -0.113. The molecule has 0 aliphatic heterocycles. The van der Waals surface area contributed by atoms with Gasteiger partial charge in [-0.3, -0.25) is 0 Å². The maximum atomic E-state index is 10.7. The summed E-state index contributed by atoms with van der Waals surface area (Å²) >= 11 is 0. The number of hydrogen-bond acceptors (Lipinski definition) is 3. The van der Waals surface area contributed by atoms with Crippen LogP contribution in [0.3, 0.4) is 0 Å². The van der Waals surface area contributed by atoms with E-state index in [1.54, 1.807) is 7.11 Å². The molecule has 0 aliphatic carbocycles. The van der Waals surface area contributed by atoms with E-state index in [0.29, 0.717) is 6.61 Å². The molecule has 1 rings (SSSR count). The van der Waals surface area contributed by atoms with Gasteiger partial charge in [-0.1, -0.05) is 13.0 Å². The number of methoxy groups -OCH3 is 1. The van der Waals surface area contributed by atoms with Crippen molar-refractivity contribution < 1.29 is 14.6 Å². The molecular formula is C16H26O3. The van der Waals surface area contributed by atoms with Crippen LogP contribution in [0, 0.1) is 13.8 Å². The van der Waals surface area contributed by atoms with Gasteiger partial charge in [-0.25, -0.2) is 0 Å². The third kappa shape index (κ3) is 3.28. The molecule has 0 radical (unpaired) electrons. The molecule has 0 bridgehead atoms. The maximum Gasteiger partial charge on any atom is 0.125 e. The van der Waals surface area contributed by atoms with Gasteiger partial charge in [0.1, 0.15) is 11.9 Å². The topological polar surface area (TPSA) is 38.7 Å². The molecule has 3 nitrogen and oxygen atoms in total. The van der Waals surface area contributed by atoms with Crippen LogP contribution < -0.4 is 4.74 Å². The van der Waals surface area contributed by atoms with E-state index in [2.05, 4.69) is 6.07 Å². The van der Waals surface area contributed by atoms with Crippen LogP contribution in [0.25, 0.3) is 0 Å². The second-order valence-electron chi connectivity index (χ2n) is 5.20. The standard InChI is InChI=1S/C16H26O3/c1-7-16(5,19-8-2)15(17)14-12(4)9-11(3)10-13(14)18-6/h9-10,15,17H,7-8H2,1-6H3. The van der Waals surface area contributed by atoms with Gasteiger partial charge in [0.15, 0.2) is 0 Å². The molecule has 0 spiro atoms. The van der Waals surface area contributed by atoms with E-state index in [0.717, 1.165) is 28.9 Å². The minimum atomic E-state index is -0.701. The molecule has 0 aromatic heterocycles. The lowest BCUT2D eigenvalue weighted by Crippen LogP contribution is -2.36. The monoisotopic (exact) mass is 266 g/mol. The summed E-state index contributed by atoms with van der Waals surface area (Å²) in [7, 11) is 1.63. The average Bonchev–Trinajstić information content (AvgIpc) is 2.37. The Kier molecular flexibility index (Phi) is 5.39. The van der Waals surface area contributed by atoms with Gasteiger partial charge in [-0.15, -0.1) is 0 Å². The summed E-state index contributed by atoms with van der Waals surface area (Å²) in [6, 6.07) is 4.01. The largest absolute Gasteiger partial charge is 0.496 e. The molecule has 3 heteroatoms. The first-order valence-electron chi connectivity index (χ1n) is 6.86. The second kappa shape index (κ2) is 6.40. The Morgan fingerprint density at radius 2 is 1.89 bits per heavy atom. The van der Waals surface area contributed by atoms with Gasteiger partial charge in [-0.2, -0.15) is 0 Å². The zero-order valence-corrected chi connectivity index (χ0v) is 12.9. The van der Waals surface area contributed by atoms with Crippen LogP contribution in [0.15, 0.2) is 12.1 Å². The van der Waals surface area contributed by atoms with Crippen molar-refractivity contribution >= 4 is 0 Å². The van der Waals surface area contributed by atoms with Gasteiger partial charge in [0, 0.05) is 12.2 Å². The summed E-state index contributed by atoms with van der Waals surface area (Å²) in [5.41, 5.74) is 2.39. The molecule has 1 aromatic rings. The summed E-state index contributed by atoms with van der Waals surface area (Å²) in [5.74, 6) is 0.726. The lowest BCUT2D eigenvalue weighted by atomic mass is 9.87. The Morgan fingerprint density at radius 3 is 2.37 bits per heavy atom. The Bertz CT molecular complexity index is 428. The van der Waals surface area contributed by atoms with E-state index in [1.807, 2.05) is 40.7 Å². The lowest BCUT2D eigenvalue weighted by Gasteiger charge is -2.35. The van der Waals surface area contributed by atoms with E-state index >= 15 is 0 Å². The van der Waals surface area contributed by atoms with Gasteiger partial charge < -0.3 is 14.6 Å². The van der Waals surface area contributed by atoms with Crippen LogP contribution in [0.1, 0.15) is 50.0 Å². The number of ether oxygens (including phenoxy) is 2. The fourth-order valence-electron chi connectivity index (χ4n) is 2.47. The zero-order valence-electron chi connectivity index (χ0n) is 12.9. The Balaban J connectivity index is 3.28. The summed E-state index contributed by atoms with van der Waals surface area (Å²) in [5, 5.41) is 10.7. The molecule has 0 saturated carbocycles. The SMILES string of the molecule is CCOC(C)(CC)C(O)c1c(C)cc(C)cc1OC. The van der Waals surface area contributed by atoms with Gasteiger partial charge in [0.25, 0.3) is 0 Å². The van der Waals surface area contributed by atoms with E-state index in [1.165, 1.54) is 0 Å². The first-order valence-corrected chi connectivity index (χ1v) is 6.86. The van der Waals surface area contributed by atoms with Crippen molar-refractivity contribution in [3.63, 3.8) is 0 Å². The smallest absolute Gasteiger partial charge is 0.125 e. The van der Waals surface area contributed by atoms with E-state index in [9.17, 15) is 5.11 Å². The number of aliphatic hydroxyl groups excluding tert-OH is 1. The molecule has 19 heavy (non-hydrogen) atoms. The Morgan fingerprint density at radius 1 is 1.26 bits per heavy atom. The van der Waals surface area contributed by atoms with E-state index in [-0.39, 0.29) is 0 Å². The van der Waals surface area contributed by atoms with Crippen LogP contribution >= 0.6 is 0 Å². The number of hydrogen-bond donors (Lipinski definition) is 1. The number of aliphatic hydroxyl groups is 1. The third-order valence-corrected chi connectivity index (χ3v) is 3.74. The average molecular weight is 266 g/mol. The van der Waals surface area contributed by atoms with Crippen molar-refractivity contribution in [2.24, 2.45) is 0 Å². The van der Waals surface area contributed by atoms with Crippen LogP contribution in [0.4, 0.5) is 0 Å². The zero-order chi connectivity index (χ0) is 14.6. The number of aryl methyl sites for hydroxylation is 2. The first kappa shape index (κ1) is 16.0. The quantitative estimate of drug-likeness (QED) is 0.855. The van der Waals surface area contributed by atoms with Gasteiger partial charge in [0.2, 0.25) is 0 Å². The van der Waals surface area contributed by atoms with Crippen molar-refractivity contribution in [1.82, 2.24) is 0 Å². The fraction of sp³-hybridized carbons (Fsp3) is 0.625. The molecule has 2 unspecified atom stereocenters. The highest BCUT2D eigenvalue weighted by Gasteiger charge is 2.35. The Hall–Kier alpha value is -1.06. The van der Waals surface area contributed by atoms with Gasteiger partial charge in [0.05, 0.1) is 12.7 Å². The minimum absolute atomic E-state index is 0.578. The maximum absolute atomic E-state index is 10.7. The van der Waals surface area contributed by atoms with Crippen LogP contribution in [0.5, 0.6) is 5.75 Å². The van der Waals surface area contributed by atoms with Crippen LogP contribution in [0.2, 0.25) is 0 Å². The van der Waals surface area contributed by atoms with Crippen molar-refractivity contribution in [3.05, 3.63) is 28.8 Å². The molecule has 1 N–H and O–H groups in total. The molecule has 0 fully saturated rings. The van der Waals surface area contributed by atoms with Gasteiger partial charge >= 0.3 is 0 Å². The molecule has 0 amide bonds. The summed E-state index contributed by atoms with van der Waals surface area (Å²) in [6.45, 7) is 10.5. The predicted octanol–water partition coefficient (Wildman–Crippen LogP) is 3.55. The molecule has 0 aliphatic rings. The normalized spacial score (nSPS) is 15.9. The second-order valence-corrected chi connectivity index (χ2v) is 5.20. The van der Waals surface area contributed by atoms with Crippen molar-refractivity contribution in [2.75, 3.05) is 13.7 Å². The highest BCUT2D eigenvalue weighted by atomic mass is 16.5. The number of benzene rings is 1. The minimum Gasteiger partial charge on any atom is -0.496 e. The first-order chi connectivity index (χ1) is 8.89. The molecular weight excluding hydrogens is 240 g/mol. The van der Waals surface area contributed by atoms with Crippen LogP contribution in [-0.4, -0.2) is 24.4 Å². The van der Waals surface area contributed by atoms with Crippen molar-refractivity contribution in [2.45, 2.75) is 52.7 Å². The summed E-state index contributed by atoms with van der Waals surface area (Å²) in [6.07, 6.45) is 0.0337. The third-order valence-electron chi connectivity index (χ3n) is 3.74. The number of rotatable bonds is 6. The Labute approximate surface area is 116 Å². The summed E-state index contributed by atoms with van der Waals surface area (Å²) in [4.78, 5) is 0. The molecule has 1 aromatic carbocycles. The molecule has 0 saturated heterocycles. The molecule has 0 heterocycles. The van der Waals surface area contributed by atoms with Crippen molar-refractivity contribution in [1.29, 1.82) is 0 Å². The van der Waals surface area contributed by atoms with Gasteiger partial charge in [-0.05, 0) is 51.3 Å². The van der Waals surface area contributed by atoms with E-state index < -0.39 is 11.7 Å². The highest BCUT2D eigenvalue weighted by molar-refractivity contribution is 5.45. The fourth-order valence-corrected chi connectivity index (χ4v) is 2.47. The van der Waals surface area contributed by atoms with Crippen LogP contribution in [-0.2, 0) is 4.74 Å². The summed E-state index contributed by atoms with van der Waals surface area (Å²) < 4.78 is 11.2. The highest BCUT2D eigenvalue weighted by Crippen LogP contribution is 2.39. The van der Waals surface area contributed by atoms with E-state index in [4.69, 9.17) is 9.47 Å². The molecule has 2 atom stereocenters. The predicted molar refractivity (Wildman–Crippen MR) is 77.7 cm³/mol.